The van der Waals surface area contributed by atoms with Gasteiger partial charge in [-0.15, -0.1) is 0 Å². The van der Waals surface area contributed by atoms with E-state index in [1.54, 1.807) is 0 Å². The summed E-state index contributed by atoms with van der Waals surface area (Å²) in [5.74, 6) is 0. The van der Waals surface area contributed by atoms with Crippen LogP contribution in [0.25, 0.3) is 0 Å². The standard InChI is InChI=1S/C5H5F6O/c1-3(12-2,4(6,7)8)5(9,10)11/h2H2,1H3. The summed E-state index contributed by atoms with van der Waals surface area (Å²) >= 11 is 0. The first-order valence-corrected chi connectivity index (χ1v) is 2.63. The molecule has 0 spiro atoms. The highest BCUT2D eigenvalue weighted by atomic mass is 19.4. The summed E-state index contributed by atoms with van der Waals surface area (Å²) in [6.45, 7) is -0.125. The zero-order valence-corrected chi connectivity index (χ0v) is 5.88. The van der Waals surface area contributed by atoms with E-state index in [2.05, 4.69) is 11.8 Å². The first-order chi connectivity index (χ1) is 5.06. The van der Waals surface area contributed by atoms with Gasteiger partial charge >= 0.3 is 12.4 Å². The second kappa shape index (κ2) is 2.79. The third kappa shape index (κ3) is 1.65. The number of ether oxygens (including phenoxy) is 1. The van der Waals surface area contributed by atoms with Crippen LogP contribution in [0.5, 0.6) is 0 Å². The van der Waals surface area contributed by atoms with E-state index < -0.39 is 18.0 Å². The van der Waals surface area contributed by atoms with Gasteiger partial charge in [-0.25, -0.2) is 0 Å². The van der Waals surface area contributed by atoms with E-state index >= 15 is 0 Å². The minimum Gasteiger partial charge on any atom is -0.356 e. The molecule has 0 aliphatic rings. The summed E-state index contributed by atoms with van der Waals surface area (Å²) in [4.78, 5) is 0. The first-order valence-electron chi connectivity index (χ1n) is 2.63. The van der Waals surface area contributed by atoms with Crippen LogP contribution in [0.1, 0.15) is 6.92 Å². The quantitative estimate of drug-likeness (QED) is 0.584. The Morgan fingerprint density at radius 1 is 0.917 bits per heavy atom. The predicted molar refractivity (Wildman–Crippen MR) is 27.0 cm³/mol. The third-order valence-corrected chi connectivity index (χ3v) is 1.37. The highest BCUT2D eigenvalue weighted by molar-refractivity contribution is 4.91. The fourth-order valence-electron chi connectivity index (χ4n) is 0.324. The van der Waals surface area contributed by atoms with Crippen LogP contribution in [0.15, 0.2) is 0 Å². The lowest BCUT2D eigenvalue weighted by molar-refractivity contribution is -0.362. The first kappa shape index (κ1) is 11.5. The van der Waals surface area contributed by atoms with Crippen LogP contribution in [0.3, 0.4) is 0 Å². The molecular weight excluding hydrogens is 190 g/mol. The van der Waals surface area contributed by atoms with Gasteiger partial charge in [0.2, 0.25) is 0 Å². The van der Waals surface area contributed by atoms with E-state index in [1.165, 1.54) is 0 Å². The molecule has 0 bridgehead atoms. The molecule has 1 radical (unpaired) electrons. The maximum absolute atomic E-state index is 11.7. The van der Waals surface area contributed by atoms with Crippen molar-refractivity contribution in [1.82, 2.24) is 0 Å². The van der Waals surface area contributed by atoms with Crippen molar-refractivity contribution in [3.63, 3.8) is 0 Å². The maximum Gasteiger partial charge on any atom is 0.426 e. The summed E-state index contributed by atoms with van der Waals surface area (Å²) in [7, 11) is 2.15. The number of halogens is 6. The summed E-state index contributed by atoms with van der Waals surface area (Å²) in [6.07, 6.45) is -11.0. The van der Waals surface area contributed by atoms with Crippen molar-refractivity contribution >= 4 is 0 Å². The van der Waals surface area contributed by atoms with Gasteiger partial charge in [0.1, 0.15) is 0 Å². The molecule has 0 aromatic carbocycles. The molecule has 12 heavy (non-hydrogen) atoms. The van der Waals surface area contributed by atoms with Gasteiger partial charge in [-0.05, 0) is 6.92 Å². The number of hydrogen-bond acceptors (Lipinski definition) is 1. The molecule has 0 atom stereocenters. The van der Waals surface area contributed by atoms with Crippen molar-refractivity contribution in [3.05, 3.63) is 7.11 Å². The largest absolute Gasteiger partial charge is 0.426 e. The van der Waals surface area contributed by atoms with Gasteiger partial charge in [0.15, 0.2) is 0 Å². The van der Waals surface area contributed by atoms with E-state index in [-0.39, 0.29) is 6.92 Å². The molecule has 1 nitrogen and oxygen atoms in total. The van der Waals surface area contributed by atoms with Crippen LogP contribution < -0.4 is 0 Å². The topological polar surface area (TPSA) is 9.23 Å². The zero-order valence-electron chi connectivity index (χ0n) is 5.88. The lowest BCUT2D eigenvalue weighted by atomic mass is 10.1. The van der Waals surface area contributed by atoms with E-state index in [4.69, 9.17) is 0 Å². The van der Waals surface area contributed by atoms with Crippen molar-refractivity contribution in [2.24, 2.45) is 0 Å². The van der Waals surface area contributed by atoms with Crippen molar-refractivity contribution in [1.29, 1.82) is 0 Å². The second-order valence-corrected chi connectivity index (χ2v) is 2.17. The van der Waals surface area contributed by atoms with Gasteiger partial charge in [-0.3, -0.25) is 0 Å². The monoisotopic (exact) mass is 195 g/mol. The molecule has 0 saturated carbocycles. The molecule has 0 amide bonds. The second-order valence-electron chi connectivity index (χ2n) is 2.17. The Kier molecular flexibility index (Phi) is 2.68. The lowest BCUT2D eigenvalue weighted by Crippen LogP contribution is -2.55. The van der Waals surface area contributed by atoms with Crippen LogP contribution in [0.4, 0.5) is 26.3 Å². The van der Waals surface area contributed by atoms with Gasteiger partial charge in [0.25, 0.3) is 5.60 Å². The van der Waals surface area contributed by atoms with Crippen molar-refractivity contribution in [3.8, 4) is 0 Å². The Labute approximate surface area is 64.3 Å². The van der Waals surface area contributed by atoms with Crippen LogP contribution in [0.2, 0.25) is 0 Å². The minimum absolute atomic E-state index is 0.125. The smallest absolute Gasteiger partial charge is 0.356 e. The number of hydrogen-bond donors (Lipinski definition) is 0. The lowest BCUT2D eigenvalue weighted by Gasteiger charge is -2.31. The van der Waals surface area contributed by atoms with E-state index in [9.17, 15) is 26.3 Å². The molecule has 0 aliphatic heterocycles. The molecule has 0 aromatic rings. The fraction of sp³-hybridized carbons (Fsp3) is 0.800. The summed E-state index contributed by atoms with van der Waals surface area (Å²) < 4.78 is 73.5. The third-order valence-electron chi connectivity index (χ3n) is 1.37. The Bertz CT molecular complexity index is 142. The Morgan fingerprint density at radius 2 is 1.17 bits per heavy atom. The fourth-order valence-corrected chi connectivity index (χ4v) is 0.324. The Balaban J connectivity index is 4.95. The SMILES string of the molecule is [CH2]OC(C)(C(F)(F)F)C(F)(F)F. The summed E-state index contributed by atoms with van der Waals surface area (Å²) in [5, 5.41) is 0. The maximum atomic E-state index is 11.7. The molecule has 0 aliphatic carbocycles. The van der Waals surface area contributed by atoms with Gasteiger partial charge in [-0.1, -0.05) is 0 Å². The molecule has 0 aromatic heterocycles. The van der Waals surface area contributed by atoms with Gasteiger partial charge in [-0.2, -0.15) is 26.3 Å². The zero-order chi connectivity index (χ0) is 10.2. The molecule has 0 saturated heterocycles. The van der Waals surface area contributed by atoms with Gasteiger partial charge < -0.3 is 4.74 Å². The van der Waals surface area contributed by atoms with Crippen LogP contribution >= 0.6 is 0 Å². The van der Waals surface area contributed by atoms with Gasteiger partial charge in [0, 0.05) is 0 Å². The Hall–Kier alpha value is -0.460. The highest BCUT2D eigenvalue weighted by Gasteiger charge is 2.68. The molecule has 0 rings (SSSR count). The van der Waals surface area contributed by atoms with E-state index in [0.29, 0.717) is 0 Å². The summed E-state index contributed by atoms with van der Waals surface area (Å²) in [6, 6.07) is 0. The molecule has 0 heterocycles. The van der Waals surface area contributed by atoms with Crippen LogP contribution in [0, 0.1) is 7.11 Å². The van der Waals surface area contributed by atoms with Crippen molar-refractivity contribution in [2.75, 3.05) is 0 Å². The summed E-state index contributed by atoms with van der Waals surface area (Å²) in [5.41, 5.74) is -4.19. The molecule has 0 unspecified atom stereocenters. The predicted octanol–water partition coefficient (Wildman–Crippen LogP) is 2.68. The van der Waals surface area contributed by atoms with Crippen molar-refractivity contribution < 1.29 is 31.1 Å². The minimum atomic E-state index is -5.52. The molecule has 73 valence electrons. The average molecular weight is 195 g/mol. The van der Waals surface area contributed by atoms with Crippen LogP contribution in [-0.4, -0.2) is 18.0 Å². The number of alkyl halides is 6. The van der Waals surface area contributed by atoms with Crippen molar-refractivity contribution in [2.45, 2.75) is 24.9 Å². The molecule has 7 heteroatoms. The molecule has 0 N–H and O–H groups in total. The molecular formula is C5H5F6O. The normalized spacial score (nSPS) is 15.0. The Morgan fingerprint density at radius 3 is 1.17 bits per heavy atom. The highest BCUT2D eigenvalue weighted by Crippen LogP contribution is 2.45. The molecule has 0 fully saturated rings. The van der Waals surface area contributed by atoms with E-state index in [0.717, 1.165) is 0 Å². The average Bonchev–Trinajstić information content (AvgIpc) is 1.81. The number of rotatable bonds is 1. The van der Waals surface area contributed by atoms with Gasteiger partial charge in [0.05, 0.1) is 7.11 Å². The van der Waals surface area contributed by atoms with E-state index in [1.807, 2.05) is 0 Å². The van der Waals surface area contributed by atoms with Crippen LogP contribution in [-0.2, 0) is 4.74 Å².